The normalized spacial score (nSPS) is 13.4. The van der Waals surface area contributed by atoms with Gasteiger partial charge in [0.1, 0.15) is 0 Å². The van der Waals surface area contributed by atoms with Crippen molar-refractivity contribution >= 4 is 11.7 Å². The molecule has 148 valence electrons. The largest absolute Gasteiger partial charge is 0.416 e. The van der Waals surface area contributed by atoms with E-state index in [0.717, 1.165) is 25.7 Å². The van der Waals surface area contributed by atoms with Crippen LogP contribution in [-0.2, 0) is 12.4 Å². The Morgan fingerprint density at radius 1 is 1.00 bits per heavy atom. The quantitative estimate of drug-likeness (QED) is 0.551. The Hall–Kier alpha value is -1.93. The van der Waals surface area contributed by atoms with E-state index < -0.39 is 35.2 Å². The summed E-state index contributed by atoms with van der Waals surface area (Å²) in [7, 11) is 0. The maximum absolute atomic E-state index is 12.8. The van der Waals surface area contributed by atoms with Gasteiger partial charge in [0, 0.05) is 12.2 Å². The van der Waals surface area contributed by atoms with Gasteiger partial charge in [-0.3, -0.25) is 0 Å². The van der Waals surface area contributed by atoms with Crippen molar-refractivity contribution in [3.63, 3.8) is 0 Å². The number of carbonyl (C=O) groups excluding carboxylic acids is 1. The first kappa shape index (κ1) is 22.1. The Balaban J connectivity index is 2.86. The Kier molecular flexibility index (Phi) is 7.77. The topological polar surface area (TPSA) is 41.1 Å². The van der Waals surface area contributed by atoms with Crippen LogP contribution in [0.4, 0.5) is 36.8 Å². The smallest absolute Gasteiger partial charge is 0.338 e. The van der Waals surface area contributed by atoms with Crippen LogP contribution in [-0.4, -0.2) is 12.6 Å². The van der Waals surface area contributed by atoms with Crippen LogP contribution in [0.2, 0.25) is 0 Å². The summed E-state index contributed by atoms with van der Waals surface area (Å²) in [4.78, 5) is 11.8. The highest BCUT2D eigenvalue weighted by Crippen LogP contribution is 2.37. The first-order valence-electron chi connectivity index (χ1n) is 8.31. The molecule has 1 rings (SSSR count). The van der Waals surface area contributed by atoms with Crippen molar-refractivity contribution in [2.45, 2.75) is 51.9 Å². The minimum absolute atomic E-state index is 0.0148. The zero-order chi connectivity index (χ0) is 20.0. The molecule has 1 atom stereocenters. The molecule has 1 aromatic rings. The number of hydrogen-bond donors (Lipinski definition) is 2. The summed E-state index contributed by atoms with van der Waals surface area (Å²) in [6.07, 6.45) is -6.25. The first-order valence-corrected chi connectivity index (χ1v) is 8.31. The first-order chi connectivity index (χ1) is 12.0. The summed E-state index contributed by atoms with van der Waals surface area (Å²) in [5.41, 5.74) is -3.51. The molecule has 0 spiro atoms. The van der Waals surface area contributed by atoms with Gasteiger partial charge in [0.15, 0.2) is 0 Å². The molecule has 0 fully saturated rings. The minimum Gasteiger partial charge on any atom is -0.338 e. The standard InChI is InChI=1S/C17H22F6N2O/c1-3-5-6-11(4-2)10-24-15(26)25-14-8-12(16(18,19)20)7-13(9-14)17(21,22)23/h7-9,11H,3-6,10H2,1-2H3,(H2,24,25,26). The van der Waals surface area contributed by atoms with Crippen LogP contribution in [0.1, 0.15) is 50.7 Å². The fourth-order valence-corrected chi connectivity index (χ4v) is 2.38. The zero-order valence-electron chi connectivity index (χ0n) is 14.5. The van der Waals surface area contributed by atoms with Gasteiger partial charge in [-0.25, -0.2) is 4.79 Å². The molecule has 0 aliphatic carbocycles. The second-order valence-electron chi connectivity index (χ2n) is 6.05. The van der Waals surface area contributed by atoms with Gasteiger partial charge in [0.2, 0.25) is 0 Å². The molecule has 0 saturated heterocycles. The second-order valence-corrected chi connectivity index (χ2v) is 6.05. The summed E-state index contributed by atoms with van der Waals surface area (Å²) < 4.78 is 76.8. The third-order valence-corrected chi connectivity index (χ3v) is 3.94. The van der Waals surface area contributed by atoms with Crippen LogP contribution in [0.5, 0.6) is 0 Å². The SMILES string of the molecule is CCCCC(CC)CNC(=O)Nc1cc(C(F)(F)F)cc(C(F)(F)F)c1. The highest BCUT2D eigenvalue weighted by atomic mass is 19.4. The maximum atomic E-state index is 12.8. The van der Waals surface area contributed by atoms with Gasteiger partial charge in [-0.1, -0.05) is 33.1 Å². The van der Waals surface area contributed by atoms with Crippen molar-refractivity contribution < 1.29 is 31.1 Å². The number of nitrogens with one attached hydrogen (secondary N) is 2. The molecule has 0 saturated carbocycles. The van der Waals surface area contributed by atoms with Crippen LogP contribution < -0.4 is 10.6 Å². The van der Waals surface area contributed by atoms with E-state index in [0.29, 0.717) is 18.7 Å². The minimum atomic E-state index is -4.96. The van der Waals surface area contributed by atoms with E-state index in [4.69, 9.17) is 0 Å². The van der Waals surface area contributed by atoms with Gasteiger partial charge >= 0.3 is 18.4 Å². The third-order valence-electron chi connectivity index (χ3n) is 3.94. The lowest BCUT2D eigenvalue weighted by Gasteiger charge is -2.17. The number of unbranched alkanes of at least 4 members (excludes halogenated alkanes) is 1. The van der Waals surface area contributed by atoms with Gasteiger partial charge in [0.25, 0.3) is 0 Å². The van der Waals surface area contributed by atoms with Crippen LogP contribution >= 0.6 is 0 Å². The highest BCUT2D eigenvalue weighted by molar-refractivity contribution is 5.89. The summed E-state index contributed by atoms with van der Waals surface area (Å²) in [6.45, 7) is 4.27. The van der Waals surface area contributed by atoms with Crippen molar-refractivity contribution in [1.82, 2.24) is 5.32 Å². The van der Waals surface area contributed by atoms with Gasteiger partial charge in [-0.15, -0.1) is 0 Å². The number of carbonyl (C=O) groups is 1. The van der Waals surface area contributed by atoms with Crippen molar-refractivity contribution in [3.05, 3.63) is 29.3 Å². The monoisotopic (exact) mass is 384 g/mol. The number of alkyl halides is 6. The summed E-state index contributed by atoms with van der Waals surface area (Å²) in [5, 5.41) is 4.55. The molecule has 0 heterocycles. The van der Waals surface area contributed by atoms with Gasteiger partial charge in [-0.2, -0.15) is 26.3 Å². The number of benzene rings is 1. The summed E-state index contributed by atoms with van der Waals surface area (Å²) in [6, 6.07) is 0.125. The van der Waals surface area contributed by atoms with Crippen molar-refractivity contribution in [3.8, 4) is 0 Å². The predicted octanol–water partition coefficient (Wildman–Crippen LogP) is 6.06. The van der Waals surface area contributed by atoms with E-state index in [9.17, 15) is 31.1 Å². The lowest BCUT2D eigenvalue weighted by Crippen LogP contribution is -2.33. The fraction of sp³-hybridized carbons (Fsp3) is 0.588. The predicted molar refractivity (Wildman–Crippen MR) is 86.8 cm³/mol. The van der Waals surface area contributed by atoms with Crippen LogP contribution in [0.25, 0.3) is 0 Å². The number of hydrogen-bond acceptors (Lipinski definition) is 1. The van der Waals surface area contributed by atoms with E-state index in [1.165, 1.54) is 0 Å². The molecule has 2 amide bonds. The average Bonchev–Trinajstić information content (AvgIpc) is 2.53. The van der Waals surface area contributed by atoms with E-state index in [1.54, 1.807) is 0 Å². The number of halogens is 6. The van der Waals surface area contributed by atoms with Gasteiger partial charge in [-0.05, 0) is 30.5 Å². The maximum Gasteiger partial charge on any atom is 0.416 e. The van der Waals surface area contributed by atoms with Crippen LogP contribution in [0.15, 0.2) is 18.2 Å². The van der Waals surface area contributed by atoms with Crippen molar-refractivity contribution in [2.75, 3.05) is 11.9 Å². The Morgan fingerprint density at radius 2 is 1.54 bits per heavy atom. The molecule has 0 aliphatic rings. The van der Waals surface area contributed by atoms with E-state index in [2.05, 4.69) is 10.6 Å². The number of amides is 2. The number of rotatable bonds is 7. The molecule has 0 bridgehead atoms. The zero-order valence-corrected chi connectivity index (χ0v) is 14.5. The molecule has 0 aromatic heterocycles. The second kappa shape index (κ2) is 9.14. The molecule has 1 aromatic carbocycles. The van der Waals surface area contributed by atoms with Crippen molar-refractivity contribution in [2.24, 2.45) is 5.92 Å². The summed E-state index contributed by atoms with van der Waals surface area (Å²) >= 11 is 0. The van der Waals surface area contributed by atoms with E-state index in [1.807, 2.05) is 13.8 Å². The number of urea groups is 1. The molecule has 0 aliphatic heterocycles. The van der Waals surface area contributed by atoms with E-state index in [-0.39, 0.29) is 12.0 Å². The molecule has 9 heteroatoms. The Morgan fingerprint density at radius 3 is 1.96 bits per heavy atom. The lowest BCUT2D eigenvalue weighted by molar-refractivity contribution is -0.143. The van der Waals surface area contributed by atoms with E-state index >= 15 is 0 Å². The Labute approximate surface area is 148 Å². The average molecular weight is 384 g/mol. The molecule has 0 radical (unpaired) electrons. The number of anilines is 1. The fourth-order valence-electron chi connectivity index (χ4n) is 2.38. The van der Waals surface area contributed by atoms with Crippen molar-refractivity contribution in [1.29, 1.82) is 0 Å². The van der Waals surface area contributed by atoms with Gasteiger partial charge in [0.05, 0.1) is 11.1 Å². The molecule has 2 N–H and O–H groups in total. The highest BCUT2D eigenvalue weighted by Gasteiger charge is 2.37. The Bertz CT molecular complexity index is 566. The summed E-state index contributed by atoms with van der Waals surface area (Å²) in [5.74, 6) is 0.202. The molecule has 1 unspecified atom stereocenters. The van der Waals surface area contributed by atoms with Crippen LogP contribution in [0.3, 0.4) is 0 Å². The molecule has 3 nitrogen and oxygen atoms in total. The molecular weight excluding hydrogens is 362 g/mol. The molecular formula is C17H22F6N2O. The van der Waals surface area contributed by atoms with Gasteiger partial charge < -0.3 is 10.6 Å². The van der Waals surface area contributed by atoms with Crippen LogP contribution in [0, 0.1) is 5.92 Å². The molecule has 26 heavy (non-hydrogen) atoms. The third kappa shape index (κ3) is 7.13. The lowest BCUT2D eigenvalue weighted by atomic mass is 9.99.